The van der Waals surface area contributed by atoms with Crippen molar-refractivity contribution in [1.82, 2.24) is 0 Å². The highest BCUT2D eigenvalue weighted by Gasteiger charge is 2.61. The monoisotopic (exact) mass is 624 g/mol. The van der Waals surface area contributed by atoms with Crippen LogP contribution in [0.25, 0.3) is 44.3 Å². The molecule has 2 aromatic heterocycles. The Hall–Kier alpha value is -3.90. The Morgan fingerprint density at radius 3 is 2.11 bits per heavy atom. The number of nitriles is 1. The molecule has 0 bridgehead atoms. The highest BCUT2D eigenvalue weighted by atomic mass is 16.3. The summed E-state index contributed by atoms with van der Waals surface area (Å²) in [6.45, 7) is 21.5. The lowest BCUT2D eigenvalue weighted by atomic mass is 9.39. The van der Waals surface area contributed by atoms with Crippen molar-refractivity contribution in [2.24, 2.45) is 17.9 Å². The molecule has 3 heteroatoms. The average Bonchev–Trinajstić information content (AvgIpc) is 3.42. The Morgan fingerprint density at radius 2 is 1.45 bits per heavy atom. The van der Waals surface area contributed by atoms with Crippen LogP contribution in [-0.2, 0) is 17.9 Å². The van der Waals surface area contributed by atoms with Gasteiger partial charge in [0.25, 0.3) is 0 Å². The Labute approximate surface area is 283 Å². The molecule has 7 rings (SSSR count). The summed E-state index contributed by atoms with van der Waals surface area (Å²) in [5, 5.41) is 12.7. The van der Waals surface area contributed by atoms with Crippen LogP contribution in [0.2, 0.25) is 0 Å². The Bertz CT molecular complexity index is 2160. The third-order valence-corrected chi connectivity index (χ3v) is 13.7. The van der Waals surface area contributed by atoms with Crippen molar-refractivity contribution in [3.63, 3.8) is 0 Å². The highest BCUT2D eigenvalue weighted by molar-refractivity contribution is 6.14. The molecular weight excluding hydrogens is 572 g/mol. The van der Waals surface area contributed by atoms with Gasteiger partial charge in [-0.3, -0.25) is 0 Å². The second-order valence-corrected chi connectivity index (χ2v) is 16.5. The van der Waals surface area contributed by atoms with Crippen LogP contribution in [0, 0.1) is 29.1 Å². The fraction of sp³-hybridized carbons (Fsp3) is 0.455. The largest absolute Gasteiger partial charge is 0.454 e. The molecule has 5 aromatic rings. The minimum Gasteiger partial charge on any atom is -0.454 e. The van der Waals surface area contributed by atoms with E-state index >= 15 is 0 Å². The molecule has 47 heavy (non-hydrogen) atoms. The molecule has 0 aliphatic heterocycles. The van der Waals surface area contributed by atoms with Crippen LogP contribution in [0.5, 0.6) is 0 Å². The normalized spacial score (nSPS) is 20.8. The molecule has 2 aliphatic rings. The molecule has 1 fully saturated rings. The number of furan rings is 1. The summed E-state index contributed by atoms with van der Waals surface area (Å²) in [6, 6.07) is 21.8. The molecule has 0 N–H and O–H groups in total. The predicted molar refractivity (Wildman–Crippen MR) is 195 cm³/mol. The second-order valence-electron chi connectivity index (χ2n) is 16.5. The molecule has 0 spiro atoms. The Kier molecular flexibility index (Phi) is 6.83. The lowest BCUT2D eigenvalue weighted by Crippen LogP contribution is -2.60. The van der Waals surface area contributed by atoms with Crippen molar-refractivity contribution in [1.29, 1.82) is 5.26 Å². The van der Waals surface area contributed by atoms with Gasteiger partial charge >= 0.3 is 0 Å². The minimum atomic E-state index is -0.676. The maximum Gasteiger partial charge on any atom is 0.216 e. The van der Waals surface area contributed by atoms with E-state index in [4.69, 9.17) is 4.42 Å². The van der Waals surface area contributed by atoms with Gasteiger partial charge in [-0.05, 0) is 93.3 Å². The van der Waals surface area contributed by atoms with Gasteiger partial charge in [0.15, 0.2) is 6.20 Å². The van der Waals surface area contributed by atoms with E-state index in [0.717, 1.165) is 81.1 Å². The molecule has 0 amide bonds. The van der Waals surface area contributed by atoms with Gasteiger partial charge in [-0.1, -0.05) is 98.9 Å². The lowest BCUT2D eigenvalue weighted by molar-refractivity contribution is -0.660. The van der Waals surface area contributed by atoms with E-state index < -0.39 is 5.89 Å². The lowest BCUT2D eigenvalue weighted by Gasteiger charge is -2.65. The fourth-order valence-corrected chi connectivity index (χ4v) is 9.17. The number of fused-ring (bicyclic) bond motifs is 4. The van der Waals surface area contributed by atoms with Crippen LogP contribution in [0.3, 0.4) is 0 Å². The van der Waals surface area contributed by atoms with Gasteiger partial charge in [0.05, 0.1) is 17.2 Å². The van der Waals surface area contributed by atoms with Crippen molar-refractivity contribution in [2.75, 3.05) is 0 Å². The summed E-state index contributed by atoms with van der Waals surface area (Å²) >= 11 is 0. The van der Waals surface area contributed by atoms with Crippen molar-refractivity contribution >= 4 is 21.9 Å². The number of rotatable bonds is 3. The zero-order chi connectivity index (χ0) is 34.6. The number of nitrogens with zero attached hydrogens (tertiary/aromatic N) is 2. The van der Waals surface area contributed by atoms with Crippen molar-refractivity contribution in [2.45, 2.75) is 111 Å². The first-order valence-corrected chi connectivity index (χ1v) is 17.5. The van der Waals surface area contributed by atoms with Crippen LogP contribution < -0.4 is 4.57 Å². The van der Waals surface area contributed by atoms with Crippen LogP contribution in [0.1, 0.15) is 123 Å². The van der Waals surface area contributed by atoms with E-state index in [1.807, 2.05) is 12.1 Å². The molecule has 0 unspecified atom stereocenters. The molecular formula is C44H51N2O+. The number of aryl methyl sites for hydroxylation is 2. The third kappa shape index (κ3) is 4.26. The van der Waals surface area contributed by atoms with E-state index in [-0.39, 0.29) is 21.7 Å². The number of pyridine rings is 1. The summed E-state index contributed by atoms with van der Waals surface area (Å²) in [5.41, 5.74) is 10.7. The van der Waals surface area contributed by atoms with Gasteiger partial charge in [0.2, 0.25) is 5.69 Å². The van der Waals surface area contributed by atoms with Gasteiger partial charge in [-0.25, -0.2) is 4.57 Å². The maximum absolute atomic E-state index is 10.6. The first-order chi connectivity index (χ1) is 22.5. The van der Waals surface area contributed by atoms with Gasteiger partial charge in [-0.15, -0.1) is 0 Å². The van der Waals surface area contributed by atoms with Gasteiger partial charge < -0.3 is 4.42 Å². The molecule has 1 saturated carbocycles. The summed E-state index contributed by atoms with van der Waals surface area (Å²) in [7, 11) is 2.07. The van der Waals surface area contributed by atoms with Crippen LogP contribution in [-0.4, -0.2) is 0 Å². The Balaban J connectivity index is 1.62. The number of hydrogen-bond acceptors (Lipinski definition) is 2. The second kappa shape index (κ2) is 10.6. The summed E-state index contributed by atoms with van der Waals surface area (Å²) in [4.78, 5) is 0. The third-order valence-electron chi connectivity index (χ3n) is 13.7. The first kappa shape index (κ1) is 30.4. The van der Waals surface area contributed by atoms with Crippen LogP contribution >= 0.6 is 0 Å². The van der Waals surface area contributed by atoms with Crippen LogP contribution in [0.4, 0.5) is 0 Å². The number of aromatic nitrogens is 1. The SMILES string of the molecule is [2H]C1(c2cc(-c3c(C#N)ccc4c3oc3c(-c5cccc[n+]5C)c(C)ccc34)cc3c2C(C)(C)C(C)(C)C(C)(C)C3(C)C)CCCCC1. The molecule has 3 nitrogen and oxygen atoms in total. The molecule has 3 aromatic carbocycles. The summed E-state index contributed by atoms with van der Waals surface area (Å²) in [5.74, 6) is -0.676. The molecule has 2 aliphatic carbocycles. The van der Waals surface area contributed by atoms with E-state index in [1.54, 1.807) is 0 Å². The number of benzene rings is 3. The maximum atomic E-state index is 10.6. The molecule has 2 heterocycles. The molecule has 0 radical (unpaired) electrons. The molecule has 0 saturated heterocycles. The van der Waals surface area contributed by atoms with Crippen LogP contribution in [0.15, 0.2) is 65.2 Å². The average molecular weight is 625 g/mol. The van der Waals surface area contributed by atoms with Crippen molar-refractivity contribution < 1.29 is 10.4 Å². The zero-order valence-corrected chi connectivity index (χ0v) is 30.1. The highest BCUT2D eigenvalue weighted by Crippen LogP contribution is 2.67. The Morgan fingerprint density at radius 1 is 0.809 bits per heavy atom. The molecule has 0 atom stereocenters. The van der Waals surface area contributed by atoms with Gasteiger partial charge in [0.1, 0.15) is 18.2 Å². The van der Waals surface area contributed by atoms with E-state index in [0.29, 0.717) is 5.56 Å². The van der Waals surface area contributed by atoms with E-state index in [1.165, 1.54) is 17.5 Å². The van der Waals surface area contributed by atoms with Gasteiger partial charge in [0, 0.05) is 29.8 Å². The summed E-state index contributed by atoms with van der Waals surface area (Å²) in [6.07, 6.45) is 7.12. The van der Waals surface area contributed by atoms with Gasteiger partial charge in [-0.2, -0.15) is 5.26 Å². The predicted octanol–water partition coefficient (Wildman–Crippen LogP) is 11.6. The topological polar surface area (TPSA) is 40.8 Å². The summed E-state index contributed by atoms with van der Waals surface area (Å²) < 4.78 is 19.3. The first-order valence-electron chi connectivity index (χ1n) is 18.0. The van der Waals surface area contributed by atoms with E-state index in [9.17, 15) is 6.63 Å². The van der Waals surface area contributed by atoms with Crippen molar-refractivity contribution in [3.8, 4) is 28.5 Å². The van der Waals surface area contributed by atoms with E-state index in [2.05, 4.69) is 129 Å². The standard InChI is InChI=1S/C44H51N2O/c1-27-19-21-31-32-22-20-29(26-45)37(40(32)47-39(31)36(27)35-18-14-15-23-46(35)10)30-24-33(28-16-12-11-13-17-28)38-34(25-30)41(2,3)43(6,7)44(8,9)42(38,4)5/h14-15,18-25,28H,11-13,16-17H2,1-10H3/q+1/i28D. The molecule has 242 valence electrons. The number of hydrogen-bond donors (Lipinski definition) is 0. The smallest absolute Gasteiger partial charge is 0.216 e. The fourth-order valence-electron chi connectivity index (χ4n) is 9.17. The minimum absolute atomic E-state index is 0.0454. The quantitative estimate of drug-likeness (QED) is 0.187. The zero-order valence-electron chi connectivity index (χ0n) is 31.1. The van der Waals surface area contributed by atoms with Crippen molar-refractivity contribution in [3.05, 3.63) is 88.6 Å².